The van der Waals surface area contributed by atoms with Gasteiger partial charge in [-0.15, -0.1) is 23.2 Å². The number of benzene rings is 2. The van der Waals surface area contributed by atoms with Crippen molar-refractivity contribution >= 4 is 86.7 Å². The zero-order valence-corrected chi connectivity index (χ0v) is 24.3. The van der Waals surface area contributed by atoms with E-state index >= 15 is 0 Å². The van der Waals surface area contributed by atoms with E-state index in [-0.39, 0.29) is 35.4 Å². The zero-order chi connectivity index (χ0) is 27.3. The number of fused-ring (bicyclic) bond motifs is 4. The Hall–Kier alpha value is -2.14. The number of amides is 4. The lowest BCUT2D eigenvalue weighted by Crippen LogP contribution is -2.60. The fourth-order valence-electron chi connectivity index (χ4n) is 6.68. The van der Waals surface area contributed by atoms with E-state index in [2.05, 4.69) is 22.6 Å². The predicted octanol–water partition coefficient (Wildman–Crippen LogP) is 4.84. The van der Waals surface area contributed by atoms with E-state index in [1.165, 1.54) is 24.1 Å². The molecular weight excluding hydrogens is 666 g/mol. The minimum atomic E-state index is -1.92. The summed E-state index contributed by atoms with van der Waals surface area (Å²) in [7, 11) is 1.33. The van der Waals surface area contributed by atoms with E-state index in [9.17, 15) is 24.3 Å². The van der Waals surface area contributed by atoms with Gasteiger partial charge in [-0.1, -0.05) is 29.3 Å². The van der Waals surface area contributed by atoms with Gasteiger partial charge in [0.2, 0.25) is 11.8 Å². The second-order valence-corrected chi connectivity index (χ2v) is 13.1. The first-order valence-electron chi connectivity index (χ1n) is 11.9. The summed E-state index contributed by atoms with van der Waals surface area (Å²) in [5, 5.41) is 10.1. The molecule has 11 heteroatoms. The standard InChI is InChI=1S/C27H20Cl3IN2O5/c1-32-24(37)26(29)11-18-15(21(27(26,30)25(32)38)16-7-6-14(34)10-19(16)28)8-9-17-20(18)23(36)33(22(17)35)13-4-2-12(31)3-5-13/h2-8,10,17-18,20-21,34H,9,11H2,1H3/t17-,18+,20-,21+,26+,27-/m0/s1. The van der Waals surface area contributed by atoms with Crippen molar-refractivity contribution in [3.8, 4) is 5.75 Å². The Morgan fingerprint density at radius 2 is 1.66 bits per heavy atom. The van der Waals surface area contributed by atoms with Crippen LogP contribution in [0, 0.1) is 21.3 Å². The molecule has 3 fully saturated rings. The van der Waals surface area contributed by atoms with Crippen molar-refractivity contribution in [2.75, 3.05) is 11.9 Å². The van der Waals surface area contributed by atoms with Crippen LogP contribution in [0.25, 0.3) is 0 Å². The van der Waals surface area contributed by atoms with Crippen LogP contribution in [0.15, 0.2) is 54.1 Å². The Morgan fingerprint density at radius 3 is 2.32 bits per heavy atom. The molecule has 0 bridgehead atoms. The van der Waals surface area contributed by atoms with Crippen molar-refractivity contribution in [1.82, 2.24) is 4.90 Å². The van der Waals surface area contributed by atoms with Gasteiger partial charge in [-0.25, -0.2) is 0 Å². The molecule has 38 heavy (non-hydrogen) atoms. The molecule has 4 amide bonds. The quantitative estimate of drug-likeness (QED) is 0.211. The van der Waals surface area contributed by atoms with E-state index in [0.717, 1.165) is 8.47 Å². The van der Waals surface area contributed by atoms with Gasteiger partial charge in [0.15, 0.2) is 9.75 Å². The maximum atomic E-state index is 13.9. The number of nitrogens with zero attached hydrogens (tertiary/aromatic N) is 2. The summed E-state index contributed by atoms with van der Waals surface area (Å²) in [6, 6.07) is 11.4. The van der Waals surface area contributed by atoms with Crippen LogP contribution in [-0.2, 0) is 19.2 Å². The number of likely N-dealkylation sites (tertiary alicyclic amines) is 1. The molecule has 196 valence electrons. The highest BCUT2D eigenvalue weighted by Crippen LogP contribution is 2.65. The Bertz CT molecular complexity index is 1480. The highest BCUT2D eigenvalue weighted by molar-refractivity contribution is 14.1. The fourth-order valence-corrected chi connectivity index (χ4v) is 8.34. The van der Waals surface area contributed by atoms with Crippen LogP contribution in [0.4, 0.5) is 5.69 Å². The Labute approximate surface area is 246 Å². The van der Waals surface area contributed by atoms with E-state index in [0.29, 0.717) is 16.8 Å². The van der Waals surface area contributed by atoms with Crippen molar-refractivity contribution in [3.63, 3.8) is 0 Å². The number of anilines is 1. The topological polar surface area (TPSA) is 95.0 Å². The van der Waals surface area contributed by atoms with Crippen LogP contribution >= 0.6 is 57.4 Å². The number of aromatic hydroxyl groups is 1. The maximum Gasteiger partial charge on any atom is 0.253 e. The molecule has 2 aliphatic heterocycles. The minimum Gasteiger partial charge on any atom is -0.508 e. The molecule has 0 unspecified atom stereocenters. The number of imide groups is 2. The molecule has 2 aromatic rings. The van der Waals surface area contributed by atoms with E-state index in [1.807, 2.05) is 18.2 Å². The average molecular weight is 686 g/mol. The number of phenols is 1. The van der Waals surface area contributed by atoms with Crippen LogP contribution in [0.5, 0.6) is 5.75 Å². The van der Waals surface area contributed by atoms with Gasteiger partial charge < -0.3 is 5.11 Å². The number of rotatable bonds is 2. The van der Waals surface area contributed by atoms with Gasteiger partial charge in [-0.2, -0.15) is 0 Å². The molecule has 4 aliphatic rings. The smallest absolute Gasteiger partial charge is 0.253 e. The van der Waals surface area contributed by atoms with Crippen LogP contribution in [-0.4, -0.2) is 50.4 Å². The highest BCUT2D eigenvalue weighted by atomic mass is 127. The zero-order valence-electron chi connectivity index (χ0n) is 19.8. The van der Waals surface area contributed by atoms with E-state index < -0.39 is 45.2 Å². The van der Waals surface area contributed by atoms with Gasteiger partial charge in [0.1, 0.15) is 5.75 Å². The monoisotopic (exact) mass is 684 g/mol. The molecule has 2 aromatic carbocycles. The van der Waals surface area contributed by atoms with Crippen LogP contribution < -0.4 is 4.90 Å². The van der Waals surface area contributed by atoms with Gasteiger partial charge in [-0.05, 0) is 83.3 Å². The number of alkyl halides is 2. The predicted molar refractivity (Wildman–Crippen MR) is 150 cm³/mol. The molecule has 2 heterocycles. The number of phenolic OH excluding ortho intramolecular Hbond substituents is 1. The molecule has 1 N–H and O–H groups in total. The highest BCUT2D eigenvalue weighted by Gasteiger charge is 2.76. The van der Waals surface area contributed by atoms with Crippen molar-refractivity contribution < 1.29 is 24.3 Å². The van der Waals surface area contributed by atoms with Crippen LogP contribution in [0.1, 0.15) is 24.3 Å². The maximum absolute atomic E-state index is 13.9. The number of halogens is 4. The van der Waals surface area contributed by atoms with E-state index in [4.69, 9.17) is 34.8 Å². The minimum absolute atomic E-state index is 0.0831. The van der Waals surface area contributed by atoms with Gasteiger partial charge in [0.25, 0.3) is 11.8 Å². The molecular formula is C27H20Cl3IN2O5. The summed E-state index contributed by atoms with van der Waals surface area (Å²) >= 11 is 22.9. The molecule has 6 rings (SSSR count). The van der Waals surface area contributed by atoms with Gasteiger partial charge in [0, 0.05) is 21.6 Å². The lowest BCUT2D eigenvalue weighted by molar-refractivity contribution is -0.138. The van der Waals surface area contributed by atoms with Gasteiger partial charge >= 0.3 is 0 Å². The number of carbonyl (C=O) groups excluding carboxylic acids is 4. The first-order chi connectivity index (χ1) is 17.9. The van der Waals surface area contributed by atoms with Crippen molar-refractivity contribution in [2.24, 2.45) is 17.8 Å². The lowest BCUT2D eigenvalue weighted by atomic mass is 9.56. The second kappa shape index (κ2) is 8.68. The fraction of sp³-hybridized carbons (Fsp3) is 0.333. The summed E-state index contributed by atoms with van der Waals surface area (Å²) < 4.78 is 0.962. The number of hydrogen-bond donors (Lipinski definition) is 1. The molecule has 1 saturated carbocycles. The summed E-state index contributed by atoms with van der Waals surface area (Å²) in [4.78, 5) is 52.8. The summed E-state index contributed by atoms with van der Waals surface area (Å²) in [5.41, 5.74) is 1.53. The summed E-state index contributed by atoms with van der Waals surface area (Å²) in [5.74, 6) is -5.12. The molecule has 6 atom stereocenters. The second-order valence-electron chi connectivity index (χ2n) is 10.2. The number of allylic oxidation sites excluding steroid dienone is 2. The summed E-state index contributed by atoms with van der Waals surface area (Å²) in [6.45, 7) is 0. The molecule has 2 aliphatic carbocycles. The van der Waals surface area contributed by atoms with Crippen molar-refractivity contribution in [2.45, 2.75) is 28.5 Å². The third-order valence-corrected chi connectivity index (χ3v) is 10.9. The molecule has 0 spiro atoms. The Kier molecular flexibility index (Phi) is 5.96. The Morgan fingerprint density at radius 1 is 0.974 bits per heavy atom. The lowest BCUT2D eigenvalue weighted by Gasteiger charge is -2.51. The molecule has 2 saturated heterocycles. The molecule has 0 aromatic heterocycles. The van der Waals surface area contributed by atoms with Gasteiger partial charge in [-0.3, -0.25) is 29.0 Å². The van der Waals surface area contributed by atoms with Crippen molar-refractivity contribution in [1.29, 1.82) is 0 Å². The van der Waals surface area contributed by atoms with E-state index in [1.54, 1.807) is 18.2 Å². The summed E-state index contributed by atoms with van der Waals surface area (Å²) in [6.07, 6.45) is 2.01. The molecule has 7 nitrogen and oxygen atoms in total. The SMILES string of the molecule is CN1C(=O)[C@]2(Cl)C[C@@H]3C(=CC[C@@H]4C(=O)N(c5ccc(I)cc5)C(=O)[C@@H]43)[C@H](c3ccc(O)cc3Cl)[C@]2(Cl)C1=O. The first-order valence-corrected chi connectivity index (χ1v) is 14.1. The van der Waals surface area contributed by atoms with Crippen molar-refractivity contribution in [3.05, 3.63) is 68.3 Å². The average Bonchev–Trinajstić information content (AvgIpc) is 3.20. The normalized spacial score (nSPS) is 34.3. The van der Waals surface area contributed by atoms with Crippen LogP contribution in [0.3, 0.4) is 0 Å². The van der Waals surface area contributed by atoms with Crippen LogP contribution in [0.2, 0.25) is 5.02 Å². The largest absolute Gasteiger partial charge is 0.508 e. The number of hydrogen-bond acceptors (Lipinski definition) is 5. The van der Waals surface area contributed by atoms with Gasteiger partial charge in [0.05, 0.1) is 17.5 Å². The first kappa shape index (κ1) is 26.1. The third kappa shape index (κ3) is 3.26. The molecule has 0 radical (unpaired) electrons. The number of carbonyl (C=O) groups is 4. The third-order valence-electron chi connectivity index (χ3n) is 8.39. The Balaban J connectivity index is 1.52.